The molecule has 82 valence electrons. The molecule has 0 aromatic heterocycles. The zero-order valence-electron chi connectivity index (χ0n) is 9.70. The lowest BCUT2D eigenvalue weighted by Gasteiger charge is -2.25. The van der Waals surface area contributed by atoms with Gasteiger partial charge in [0.2, 0.25) is 0 Å². The Kier molecular flexibility index (Phi) is 2.47. The fourth-order valence-corrected chi connectivity index (χ4v) is 2.33. The molecular formula is C13H19NO. The first-order chi connectivity index (χ1) is 7.08. The molecule has 1 aliphatic rings. The predicted molar refractivity (Wildman–Crippen MR) is 63.4 cm³/mol. The summed E-state index contributed by atoms with van der Waals surface area (Å²) >= 11 is 0. The molecule has 1 fully saturated rings. The molecule has 0 amide bonds. The summed E-state index contributed by atoms with van der Waals surface area (Å²) in [5, 5.41) is 9.88. The summed E-state index contributed by atoms with van der Waals surface area (Å²) in [6, 6.07) is 8.38. The van der Waals surface area contributed by atoms with Gasteiger partial charge in [0.25, 0.3) is 0 Å². The second-order valence-corrected chi connectivity index (χ2v) is 4.74. The summed E-state index contributed by atoms with van der Waals surface area (Å²) in [4.78, 5) is 2.12. The Hall–Kier alpha value is -1.02. The standard InChI is InChI=1S/C13H19NO/c1-10(15)13(8-9-13)11-6-4-5-7-12(11)14(2)3/h4-7,10,15H,8-9H2,1-3H3. The zero-order chi connectivity index (χ0) is 11.1. The van der Waals surface area contributed by atoms with Crippen molar-refractivity contribution in [2.24, 2.45) is 0 Å². The molecule has 2 rings (SSSR count). The molecule has 1 N–H and O–H groups in total. The summed E-state index contributed by atoms with van der Waals surface area (Å²) in [5.74, 6) is 0. The number of aliphatic hydroxyl groups is 1. The highest BCUT2D eigenvalue weighted by Gasteiger charge is 2.49. The van der Waals surface area contributed by atoms with Crippen molar-refractivity contribution in [2.45, 2.75) is 31.3 Å². The van der Waals surface area contributed by atoms with Gasteiger partial charge in [-0.3, -0.25) is 0 Å². The molecule has 0 radical (unpaired) electrons. The van der Waals surface area contributed by atoms with Crippen LogP contribution < -0.4 is 4.90 Å². The summed E-state index contributed by atoms with van der Waals surface area (Å²) in [6.07, 6.45) is 1.96. The Morgan fingerprint density at radius 3 is 2.33 bits per heavy atom. The van der Waals surface area contributed by atoms with E-state index in [4.69, 9.17) is 0 Å². The lowest BCUT2D eigenvalue weighted by Crippen LogP contribution is -2.25. The molecular weight excluding hydrogens is 186 g/mol. The fourth-order valence-electron chi connectivity index (χ4n) is 2.33. The highest BCUT2D eigenvalue weighted by Crippen LogP contribution is 2.53. The maximum atomic E-state index is 9.88. The van der Waals surface area contributed by atoms with Crippen LogP contribution in [0.3, 0.4) is 0 Å². The monoisotopic (exact) mass is 205 g/mol. The van der Waals surface area contributed by atoms with Crippen molar-refractivity contribution in [2.75, 3.05) is 19.0 Å². The Balaban J connectivity index is 2.44. The van der Waals surface area contributed by atoms with E-state index in [1.807, 2.05) is 6.92 Å². The van der Waals surface area contributed by atoms with Crippen molar-refractivity contribution < 1.29 is 5.11 Å². The summed E-state index contributed by atoms with van der Waals surface area (Å²) in [7, 11) is 4.11. The quantitative estimate of drug-likeness (QED) is 0.817. The van der Waals surface area contributed by atoms with Crippen LogP contribution in [0.2, 0.25) is 0 Å². The number of rotatable bonds is 3. The Bertz CT molecular complexity index is 353. The molecule has 0 spiro atoms. The third-order valence-corrected chi connectivity index (χ3v) is 3.51. The first-order valence-corrected chi connectivity index (χ1v) is 5.53. The van der Waals surface area contributed by atoms with Crippen LogP contribution in [-0.2, 0) is 5.41 Å². The third-order valence-electron chi connectivity index (χ3n) is 3.51. The molecule has 2 heteroatoms. The van der Waals surface area contributed by atoms with Crippen molar-refractivity contribution in [1.29, 1.82) is 0 Å². The first-order valence-electron chi connectivity index (χ1n) is 5.53. The van der Waals surface area contributed by atoms with Crippen LogP contribution in [0, 0.1) is 0 Å². The van der Waals surface area contributed by atoms with E-state index >= 15 is 0 Å². The Labute approximate surface area is 91.5 Å². The zero-order valence-corrected chi connectivity index (χ0v) is 9.70. The molecule has 15 heavy (non-hydrogen) atoms. The van der Waals surface area contributed by atoms with Gasteiger partial charge in [0.05, 0.1) is 6.10 Å². The molecule has 1 aromatic rings. The number of hydrogen-bond acceptors (Lipinski definition) is 2. The van der Waals surface area contributed by atoms with Gasteiger partial charge in [-0.25, -0.2) is 0 Å². The molecule has 0 aliphatic heterocycles. The fraction of sp³-hybridized carbons (Fsp3) is 0.538. The van der Waals surface area contributed by atoms with E-state index in [0.29, 0.717) is 0 Å². The lowest BCUT2D eigenvalue weighted by atomic mass is 9.89. The molecule has 2 nitrogen and oxygen atoms in total. The highest BCUT2D eigenvalue weighted by atomic mass is 16.3. The van der Waals surface area contributed by atoms with Crippen molar-refractivity contribution in [3.8, 4) is 0 Å². The van der Waals surface area contributed by atoms with E-state index in [1.54, 1.807) is 0 Å². The molecule has 1 aromatic carbocycles. The van der Waals surface area contributed by atoms with Crippen molar-refractivity contribution in [1.82, 2.24) is 0 Å². The second kappa shape index (κ2) is 3.53. The summed E-state index contributed by atoms with van der Waals surface area (Å²) in [6.45, 7) is 1.90. The smallest absolute Gasteiger partial charge is 0.0609 e. The van der Waals surface area contributed by atoms with Crippen LogP contribution in [0.15, 0.2) is 24.3 Å². The van der Waals surface area contributed by atoms with Gasteiger partial charge in [0.15, 0.2) is 0 Å². The Morgan fingerprint density at radius 2 is 1.87 bits per heavy atom. The molecule has 1 unspecified atom stereocenters. The van der Waals surface area contributed by atoms with E-state index < -0.39 is 0 Å². The van der Waals surface area contributed by atoms with E-state index in [1.165, 1.54) is 11.3 Å². The van der Waals surface area contributed by atoms with Crippen LogP contribution in [0.5, 0.6) is 0 Å². The second-order valence-electron chi connectivity index (χ2n) is 4.74. The molecule has 0 bridgehead atoms. The van der Waals surface area contributed by atoms with Gasteiger partial charge in [0, 0.05) is 25.2 Å². The van der Waals surface area contributed by atoms with Gasteiger partial charge in [-0.05, 0) is 31.4 Å². The SMILES string of the molecule is CC(O)C1(c2ccccc2N(C)C)CC1. The number of nitrogens with zero attached hydrogens (tertiary/aromatic N) is 1. The number of hydrogen-bond donors (Lipinski definition) is 1. The minimum absolute atomic E-state index is 0.0286. The van der Waals surface area contributed by atoms with Crippen molar-refractivity contribution in [3.05, 3.63) is 29.8 Å². The molecule has 0 saturated heterocycles. The average Bonchev–Trinajstić information content (AvgIpc) is 2.98. The van der Waals surface area contributed by atoms with E-state index in [-0.39, 0.29) is 11.5 Å². The minimum atomic E-state index is -0.251. The molecule has 0 heterocycles. The maximum Gasteiger partial charge on any atom is 0.0609 e. The topological polar surface area (TPSA) is 23.5 Å². The predicted octanol–water partition coefficient (Wildman–Crippen LogP) is 2.17. The van der Waals surface area contributed by atoms with E-state index in [0.717, 1.165) is 12.8 Å². The number of para-hydroxylation sites is 1. The van der Waals surface area contributed by atoms with Crippen molar-refractivity contribution in [3.63, 3.8) is 0 Å². The summed E-state index contributed by atoms with van der Waals surface area (Å²) < 4.78 is 0. The van der Waals surface area contributed by atoms with Gasteiger partial charge in [-0.1, -0.05) is 18.2 Å². The van der Waals surface area contributed by atoms with Crippen LogP contribution >= 0.6 is 0 Å². The summed E-state index contributed by atoms with van der Waals surface area (Å²) in [5.41, 5.74) is 2.56. The van der Waals surface area contributed by atoms with E-state index in [9.17, 15) is 5.11 Å². The van der Waals surface area contributed by atoms with Crippen LogP contribution in [0.25, 0.3) is 0 Å². The van der Waals surface area contributed by atoms with Crippen molar-refractivity contribution >= 4 is 5.69 Å². The van der Waals surface area contributed by atoms with Crippen LogP contribution in [0.1, 0.15) is 25.3 Å². The van der Waals surface area contributed by atoms with E-state index in [2.05, 4.69) is 43.3 Å². The highest BCUT2D eigenvalue weighted by molar-refractivity contribution is 5.58. The largest absolute Gasteiger partial charge is 0.392 e. The molecule has 1 atom stereocenters. The van der Waals surface area contributed by atoms with Gasteiger partial charge in [-0.2, -0.15) is 0 Å². The average molecular weight is 205 g/mol. The van der Waals surface area contributed by atoms with Gasteiger partial charge in [-0.15, -0.1) is 0 Å². The lowest BCUT2D eigenvalue weighted by molar-refractivity contribution is 0.151. The van der Waals surface area contributed by atoms with Gasteiger partial charge < -0.3 is 10.0 Å². The van der Waals surface area contributed by atoms with Gasteiger partial charge >= 0.3 is 0 Å². The third kappa shape index (κ3) is 1.63. The number of aliphatic hydroxyl groups excluding tert-OH is 1. The Morgan fingerprint density at radius 1 is 1.27 bits per heavy atom. The number of benzene rings is 1. The van der Waals surface area contributed by atoms with Crippen LogP contribution in [-0.4, -0.2) is 25.3 Å². The normalized spacial score (nSPS) is 19.7. The number of anilines is 1. The molecule has 1 aliphatic carbocycles. The van der Waals surface area contributed by atoms with Crippen LogP contribution in [0.4, 0.5) is 5.69 Å². The first kappa shape index (κ1) is 10.5. The molecule has 1 saturated carbocycles. The van der Waals surface area contributed by atoms with Gasteiger partial charge in [0.1, 0.15) is 0 Å². The maximum absolute atomic E-state index is 9.88. The minimum Gasteiger partial charge on any atom is -0.392 e.